The molecule has 2 nitrogen and oxygen atoms in total. The van der Waals surface area contributed by atoms with Crippen molar-refractivity contribution in [3.63, 3.8) is 0 Å². The molecule has 0 fully saturated rings. The SMILES string of the molecule is CCC(C)NC(=S)N(C(C)CC)C(C)CC. The van der Waals surface area contributed by atoms with Crippen LogP contribution in [0.5, 0.6) is 0 Å². The maximum atomic E-state index is 5.52. The molecule has 0 bridgehead atoms. The van der Waals surface area contributed by atoms with Crippen LogP contribution in [0.25, 0.3) is 0 Å². The highest BCUT2D eigenvalue weighted by Gasteiger charge is 2.21. The van der Waals surface area contributed by atoms with E-state index in [9.17, 15) is 0 Å². The highest BCUT2D eigenvalue weighted by atomic mass is 32.1. The number of hydrogen-bond acceptors (Lipinski definition) is 1. The number of nitrogens with zero attached hydrogens (tertiary/aromatic N) is 1. The first-order chi connectivity index (χ1) is 7.47. The fourth-order valence-electron chi connectivity index (χ4n) is 1.62. The predicted octanol–water partition coefficient (Wildman–Crippen LogP) is 3.56. The van der Waals surface area contributed by atoms with Crippen LogP contribution in [0.2, 0.25) is 0 Å². The second-order valence-electron chi connectivity index (χ2n) is 4.68. The molecule has 0 aliphatic heterocycles. The molecule has 1 N–H and O–H groups in total. The minimum absolute atomic E-state index is 0.461. The molecule has 0 radical (unpaired) electrons. The van der Waals surface area contributed by atoms with Gasteiger partial charge in [0.25, 0.3) is 0 Å². The van der Waals surface area contributed by atoms with Gasteiger partial charge < -0.3 is 10.2 Å². The Labute approximate surface area is 107 Å². The van der Waals surface area contributed by atoms with Gasteiger partial charge in [-0.1, -0.05) is 20.8 Å². The standard InChI is InChI=1S/C13H28N2S/c1-7-10(4)14-13(16)15(11(5)8-2)12(6)9-3/h10-12H,7-9H2,1-6H3,(H,14,16). The topological polar surface area (TPSA) is 15.3 Å². The molecule has 0 amide bonds. The Morgan fingerprint density at radius 3 is 1.75 bits per heavy atom. The third-order valence-corrected chi connectivity index (χ3v) is 3.68. The van der Waals surface area contributed by atoms with E-state index in [1.165, 1.54) is 0 Å². The van der Waals surface area contributed by atoms with Gasteiger partial charge in [-0.3, -0.25) is 0 Å². The average molecular weight is 244 g/mol. The number of rotatable bonds is 6. The van der Waals surface area contributed by atoms with Gasteiger partial charge in [-0.05, 0) is 52.3 Å². The van der Waals surface area contributed by atoms with E-state index in [0.717, 1.165) is 24.4 Å². The van der Waals surface area contributed by atoms with E-state index < -0.39 is 0 Å². The van der Waals surface area contributed by atoms with Gasteiger partial charge in [0.15, 0.2) is 5.11 Å². The predicted molar refractivity (Wildman–Crippen MR) is 76.8 cm³/mol. The summed E-state index contributed by atoms with van der Waals surface area (Å²) in [6.07, 6.45) is 3.37. The number of thiocarbonyl (C=S) groups is 1. The van der Waals surface area contributed by atoms with E-state index in [1.807, 2.05) is 0 Å². The van der Waals surface area contributed by atoms with Crippen LogP contribution in [0, 0.1) is 0 Å². The summed E-state index contributed by atoms with van der Waals surface area (Å²) in [4.78, 5) is 2.35. The van der Waals surface area contributed by atoms with Gasteiger partial charge in [-0.2, -0.15) is 0 Å². The lowest BCUT2D eigenvalue weighted by Gasteiger charge is -2.37. The molecule has 0 aromatic heterocycles. The van der Waals surface area contributed by atoms with Crippen molar-refractivity contribution >= 4 is 17.3 Å². The van der Waals surface area contributed by atoms with Gasteiger partial charge >= 0.3 is 0 Å². The third kappa shape index (κ3) is 4.69. The maximum absolute atomic E-state index is 5.52. The van der Waals surface area contributed by atoms with E-state index in [4.69, 9.17) is 12.2 Å². The molecule has 0 aliphatic rings. The van der Waals surface area contributed by atoms with E-state index in [-0.39, 0.29) is 0 Å². The van der Waals surface area contributed by atoms with Crippen molar-refractivity contribution in [2.24, 2.45) is 0 Å². The van der Waals surface area contributed by atoms with Gasteiger partial charge in [0.2, 0.25) is 0 Å². The summed E-state index contributed by atoms with van der Waals surface area (Å²) in [5, 5.41) is 4.33. The molecule has 3 atom stereocenters. The van der Waals surface area contributed by atoms with Gasteiger partial charge in [-0.25, -0.2) is 0 Å². The Morgan fingerprint density at radius 1 is 1.00 bits per heavy atom. The minimum atomic E-state index is 0.461. The first-order valence-corrected chi connectivity index (χ1v) is 6.97. The van der Waals surface area contributed by atoms with E-state index >= 15 is 0 Å². The van der Waals surface area contributed by atoms with Crippen LogP contribution < -0.4 is 5.32 Å². The Morgan fingerprint density at radius 2 is 1.44 bits per heavy atom. The van der Waals surface area contributed by atoms with E-state index in [2.05, 4.69) is 51.8 Å². The summed E-state index contributed by atoms with van der Waals surface area (Å²) >= 11 is 5.52. The van der Waals surface area contributed by atoms with Crippen LogP contribution in [0.3, 0.4) is 0 Å². The van der Waals surface area contributed by atoms with Crippen LogP contribution in [-0.4, -0.2) is 28.1 Å². The normalized spacial score (nSPS) is 16.4. The van der Waals surface area contributed by atoms with Gasteiger partial charge in [0.1, 0.15) is 0 Å². The molecular weight excluding hydrogens is 216 g/mol. The molecule has 0 heterocycles. The molecule has 0 aromatic carbocycles. The first-order valence-electron chi connectivity index (χ1n) is 6.56. The monoisotopic (exact) mass is 244 g/mol. The summed E-state index contributed by atoms with van der Waals surface area (Å²) in [7, 11) is 0. The lowest BCUT2D eigenvalue weighted by molar-refractivity contribution is 0.245. The van der Waals surface area contributed by atoms with Crippen molar-refractivity contribution in [1.29, 1.82) is 0 Å². The van der Waals surface area contributed by atoms with E-state index in [0.29, 0.717) is 18.1 Å². The molecule has 16 heavy (non-hydrogen) atoms. The molecule has 0 saturated carbocycles. The molecule has 0 aliphatic carbocycles. The Hall–Kier alpha value is -0.310. The van der Waals surface area contributed by atoms with Crippen molar-refractivity contribution in [3.05, 3.63) is 0 Å². The summed E-state index contributed by atoms with van der Waals surface area (Å²) in [6.45, 7) is 13.3. The Bertz CT molecular complexity index is 196. The van der Waals surface area contributed by atoms with Gasteiger partial charge in [0.05, 0.1) is 0 Å². The number of hydrogen-bond donors (Lipinski definition) is 1. The fraction of sp³-hybridized carbons (Fsp3) is 0.923. The summed E-state index contributed by atoms with van der Waals surface area (Å²) < 4.78 is 0. The zero-order valence-corrected chi connectivity index (χ0v) is 12.5. The van der Waals surface area contributed by atoms with E-state index in [1.54, 1.807) is 0 Å². The van der Waals surface area contributed by atoms with Crippen LogP contribution in [0.15, 0.2) is 0 Å². The zero-order chi connectivity index (χ0) is 12.7. The molecule has 3 unspecified atom stereocenters. The smallest absolute Gasteiger partial charge is 0.169 e. The second kappa shape index (κ2) is 7.88. The van der Waals surface area contributed by atoms with Gasteiger partial charge in [-0.15, -0.1) is 0 Å². The molecule has 3 heteroatoms. The Balaban J connectivity index is 4.56. The van der Waals surface area contributed by atoms with Crippen molar-refractivity contribution < 1.29 is 0 Å². The highest BCUT2D eigenvalue weighted by molar-refractivity contribution is 7.80. The Kier molecular flexibility index (Phi) is 7.73. The maximum Gasteiger partial charge on any atom is 0.169 e. The highest BCUT2D eigenvalue weighted by Crippen LogP contribution is 2.12. The summed E-state index contributed by atoms with van der Waals surface area (Å²) in [5.74, 6) is 0. The minimum Gasteiger partial charge on any atom is -0.360 e. The summed E-state index contributed by atoms with van der Waals surface area (Å²) in [6, 6.07) is 1.49. The third-order valence-electron chi connectivity index (χ3n) is 3.35. The van der Waals surface area contributed by atoms with Gasteiger partial charge in [0, 0.05) is 18.1 Å². The molecular formula is C13H28N2S. The molecule has 0 aromatic rings. The van der Waals surface area contributed by atoms with Crippen LogP contribution in [0.1, 0.15) is 60.8 Å². The lowest BCUT2D eigenvalue weighted by Crippen LogP contribution is -2.51. The number of nitrogens with one attached hydrogen (secondary N) is 1. The molecule has 0 rings (SSSR count). The van der Waals surface area contributed by atoms with Crippen molar-refractivity contribution in [3.8, 4) is 0 Å². The van der Waals surface area contributed by atoms with Crippen LogP contribution in [-0.2, 0) is 0 Å². The fourth-order valence-corrected chi connectivity index (χ4v) is 2.18. The average Bonchev–Trinajstić information content (AvgIpc) is 2.28. The van der Waals surface area contributed by atoms with Crippen molar-refractivity contribution in [1.82, 2.24) is 10.2 Å². The lowest BCUT2D eigenvalue weighted by atomic mass is 10.1. The second-order valence-corrected chi connectivity index (χ2v) is 5.07. The quantitative estimate of drug-likeness (QED) is 0.719. The van der Waals surface area contributed by atoms with Crippen LogP contribution in [0.4, 0.5) is 0 Å². The van der Waals surface area contributed by atoms with Crippen LogP contribution >= 0.6 is 12.2 Å². The summed E-state index contributed by atoms with van der Waals surface area (Å²) in [5.41, 5.74) is 0. The van der Waals surface area contributed by atoms with Crippen molar-refractivity contribution in [2.75, 3.05) is 0 Å². The molecule has 0 spiro atoms. The largest absolute Gasteiger partial charge is 0.360 e. The molecule has 0 saturated heterocycles. The molecule has 96 valence electrons. The zero-order valence-electron chi connectivity index (χ0n) is 11.7. The van der Waals surface area contributed by atoms with Crippen molar-refractivity contribution in [2.45, 2.75) is 78.9 Å². The first kappa shape index (κ1) is 15.7.